The average molecular weight is 159 g/mol. The van der Waals surface area contributed by atoms with E-state index in [-0.39, 0.29) is 5.91 Å². The van der Waals surface area contributed by atoms with Gasteiger partial charge in [-0.2, -0.15) is 0 Å². The van der Waals surface area contributed by atoms with Gasteiger partial charge in [-0.1, -0.05) is 0 Å². The molecule has 1 amide bonds. The molecular formula is C7H17N3O. The number of carbonyl (C=O) groups is 1. The molecular weight excluding hydrogens is 142 g/mol. The van der Waals surface area contributed by atoms with Gasteiger partial charge < -0.3 is 16.8 Å². The summed E-state index contributed by atoms with van der Waals surface area (Å²) < 4.78 is 0. The van der Waals surface area contributed by atoms with E-state index >= 15 is 0 Å². The zero-order valence-corrected chi connectivity index (χ0v) is 6.81. The minimum atomic E-state index is 0.0731. The van der Waals surface area contributed by atoms with Crippen LogP contribution in [0.3, 0.4) is 0 Å². The van der Waals surface area contributed by atoms with Gasteiger partial charge in [0.25, 0.3) is 0 Å². The first kappa shape index (κ1) is 10.4. The van der Waals surface area contributed by atoms with Crippen LogP contribution in [0.2, 0.25) is 0 Å². The summed E-state index contributed by atoms with van der Waals surface area (Å²) in [6.07, 6.45) is 2.35. The van der Waals surface area contributed by atoms with Crippen molar-refractivity contribution in [2.75, 3.05) is 19.6 Å². The van der Waals surface area contributed by atoms with Gasteiger partial charge in [0, 0.05) is 19.5 Å². The Morgan fingerprint density at radius 1 is 1.18 bits per heavy atom. The van der Waals surface area contributed by atoms with Crippen LogP contribution in [0.15, 0.2) is 0 Å². The van der Waals surface area contributed by atoms with Gasteiger partial charge in [-0.05, 0) is 19.4 Å². The molecule has 11 heavy (non-hydrogen) atoms. The maximum atomic E-state index is 10.9. The molecule has 0 rings (SSSR count). The number of nitrogens with two attached hydrogens (primary N) is 2. The largest absolute Gasteiger partial charge is 0.355 e. The third kappa shape index (κ3) is 7.29. The van der Waals surface area contributed by atoms with Crippen LogP contribution in [0.1, 0.15) is 19.3 Å². The average Bonchev–Trinajstić information content (AvgIpc) is 2.01. The van der Waals surface area contributed by atoms with Crippen LogP contribution in [-0.4, -0.2) is 25.5 Å². The molecule has 0 aromatic rings. The van der Waals surface area contributed by atoms with E-state index < -0.39 is 0 Å². The van der Waals surface area contributed by atoms with Gasteiger partial charge in [-0.3, -0.25) is 4.79 Å². The molecule has 0 saturated carbocycles. The van der Waals surface area contributed by atoms with E-state index in [1.807, 2.05) is 0 Å². The van der Waals surface area contributed by atoms with Crippen molar-refractivity contribution in [3.63, 3.8) is 0 Å². The van der Waals surface area contributed by atoms with Crippen LogP contribution in [0.4, 0.5) is 0 Å². The van der Waals surface area contributed by atoms with Gasteiger partial charge >= 0.3 is 0 Å². The topological polar surface area (TPSA) is 81.1 Å². The second kappa shape index (κ2) is 7.50. The highest BCUT2D eigenvalue weighted by Crippen LogP contribution is 1.91. The van der Waals surface area contributed by atoms with Gasteiger partial charge in [0.15, 0.2) is 0 Å². The number of unbranched alkanes of at least 4 members (excludes halogenated alkanes) is 1. The molecule has 0 fully saturated rings. The molecule has 4 nitrogen and oxygen atoms in total. The van der Waals surface area contributed by atoms with E-state index in [2.05, 4.69) is 5.32 Å². The second-order valence-corrected chi connectivity index (χ2v) is 2.38. The molecule has 0 saturated heterocycles. The van der Waals surface area contributed by atoms with Gasteiger partial charge in [0.2, 0.25) is 5.91 Å². The lowest BCUT2D eigenvalue weighted by molar-refractivity contribution is -0.121. The predicted molar refractivity (Wildman–Crippen MR) is 45.0 cm³/mol. The lowest BCUT2D eigenvalue weighted by atomic mass is 10.2. The van der Waals surface area contributed by atoms with Crippen LogP contribution in [0, 0.1) is 0 Å². The summed E-state index contributed by atoms with van der Waals surface area (Å²) in [6.45, 7) is 1.73. The molecule has 0 aliphatic rings. The number of rotatable bonds is 6. The number of amides is 1. The highest BCUT2D eigenvalue weighted by Gasteiger charge is 1.97. The van der Waals surface area contributed by atoms with Crippen molar-refractivity contribution in [1.29, 1.82) is 0 Å². The van der Waals surface area contributed by atoms with Crippen molar-refractivity contribution in [2.45, 2.75) is 19.3 Å². The van der Waals surface area contributed by atoms with Gasteiger partial charge in [0.05, 0.1) is 0 Å². The van der Waals surface area contributed by atoms with E-state index in [9.17, 15) is 4.79 Å². The van der Waals surface area contributed by atoms with Crippen LogP contribution in [-0.2, 0) is 4.79 Å². The highest BCUT2D eigenvalue weighted by molar-refractivity contribution is 5.75. The Kier molecular flexibility index (Phi) is 7.08. The van der Waals surface area contributed by atoms with E-state index in [0.29, 0.717) is 26.1 Å². The van der Waals surface area contributed by atoms with Crippen molar-refractivity contribution >= 4 is 5.91 Å². The van der Waals surface area contributed by atoms with Gasteiger partial charge in [0.1, 0.15) is 0 Å². The molecule has 0 unspecified atom stereocenters. The smallest absolute Gasteiger partial charge is 0.220 e. The Morgan fingerprint density at radius 3 is 2.45 bits per heavy atom. The summed E-state index contributed by atoms with van der Waals surface area (Å²) in [7, 11) is 0. The summed E-state index contributed by atoms with van der Waals surface area (Å²) in [4.78, 5) is 10.9. The minimum absolute atomic E-state index is 0.0731. The van der Waals surface area contributed by atoms with E-state index in [0.717, 1.165) is 12.8 Å². The van der Waals surface area contributed by atoms with E-state index in [1.54, 1.807) is 0 Å². The number of hydrogen-bond acceptors (Lipinski definition) is 3. The fourth-order valence-corrected chi connectivity index (χ4v) is 0.730. The van der Waals surface area contributed by atoms with Crippen molar-refractivity contribution in [3.05, 3.63) is 0 Å². The second-order valence-electron chi connectivity index (χ2n) is 2.38. The Labute approximate surface area is 67.3 Å². The van der Waals surface area contributed by atoms with Crippen molar-refractivity contribution < 1.29 is 4.79 Å². The normalized spacial score (nSPS) is 9.64. The SMILES string of the molecule is NCCCCC(=O)NCCN. The summed E-state index contributed by atoms with van der Waals surface area (Å²) in [5.41, 5.74) is 10.5. The lowest BCUT2D eigenvalue weighted by Crippen LogP contribution is -2.28. The third-order valence-corrected chi connectivity index (χ3v) is 1.32. The fraction of sp³-hybridized carbons (Fsp3) is 0.857. The maximum absolute atomic E-state index is 10.9. The Bertz CT molecular complexity index is 106. The number of carbonyl (C=O) groups excluding carboxylic acids is 1. The molecule has 0 aromatic heterocycles. The van der Waals surface area contributed by atoms with Gasteiger partial charge in [-0.15, -0.1) is 0 Å². The minimum Gasteiger partial charge on any atom is -0.355 e. The number of hydrogen-bond donors (Lipinski definition) is 3. The number of nitrogens with one attached hydrogen (secondary N) is 1. The quantitative estimate of drug-likeness (QED) is 0.443. The van der Waals surface area contributed by atoms with E-state index in [1.165, 1.54) is 0 Å². The summed E-state index contributed by atoms with van der Waals surface area (Å²) >= 11 is 0. The lowest BCUT2D eigenvalue weighted by Gasteiger charge is -2.01. The Morgan fingerprint density at radius 2 is 1.91 bits per heavy atom. The molecule has 0 aromatic carbocycles. The molecule has 0 aliphatic heterocycles. The third-order valence-electron chi connectivity index (χ3n) is 1.32. The Balaban J connectivity index is 3.09. The highest BCUT2D eigenvalue weighted by atomic mass is 16.1. The van der Waals surface area contributed by atoms with Crippen LogP contribution in [0.25, 0.3) is 0 Å². The molecule has 0 atom stereocenters. The molecule has 0 bridgehead atoms. The molecule has 0 aliphatic carbocycles. The zero-order valence-electron chi connectivity index (χ0n) is 6.81. The van der Waals surface area contributed by atoms with Crippen LogP contribution < -0.4 is 16.8 Å². The maximum Gasteiger partial charge on any atom is 0.220 e. The first-order chi connectivity index (χ1) is 5.31. The monoisotopic (exact) mass is 159 g/mol. The van der Waals surface area contributed by atoms with Crippen molar-refractivity contribution in [3.8, 4) is 0 Å². The summed E-state index contributed by atoms with van der Waals surface area (Å²) in [5, 5.41) is 2.69. The molecule has 5 N–H and O–H groups in total. The molecule has 0 spiro atoms. The molecule has 0 radical (unpaired) electrons. The summed E-state index contributed by atoms with van der Waals surface area (Å²) in [5.74, 6) is 0.0731. The van der Waals surface area contributed by atoms with Crippen LogP contribution >= 0.6 is 0 Å². The summed E-state index contributed by atoms with van der Waals surface area (Å²) in [6, 6.07) is 0. The van der Waals surface area contributed by atoms with Crippen LogP contribution in [0.5, 0.6) is 0 Å². The first-order valence-corrected chi connectivity index (χ1v) is 3.98. The van der Waals surface area contributed by atoms with Crippen molar-refractivity contribution in [2.24, 2.45) is 11.5 Å². The van der Waals surface area contributed by atoms with Gasteiger partial charge in [-0.25, -0.2) is 0 Å². The standard InChI is InChI=1S/C7H17N3O/c8-4-2-1-3-7(11)10-6-5-9/h1-6,8-9H2,(H,10,11). The first-order valence-electron chi connectivity index (χ1n) is 3.98. The Hall–Kier alpha value is -0.610. The van der Waals surface area contributed by atoms with E-state index in [4.69, 9.17) is 11.5 Å². The zero-order chi connectivity index (χ0) is 8.53. The molecule has 66 valence electrons. The molecule has 4 heteroatoms. The molecule has 0 heterocycles. The fourth-order valence-electron chi connectivity index (χ4n) is 0.730. The van der Waals surface area contributed by atoms with Crippen molar-refractivity contribution in [1.82, 2.24) is 5.32 Å². The predicted octanol–water partition coefficient (Wildman–Crippen LogP) is -0.810.